The third kappa shape index (κ3) is 2.02. The van der Waals surface area contributed by atoms with Crippen LogP contribution in [0, 0.1) is 34.5 Å². The monoisotopic (exact) mass is 318 g/mol. The second-order valence-electron chi connectivity index (χ2n) is 9.07. The largest absolute Gasteiger partial charge is 0.411 e. The molecular formula is C19H30N2O2. The zero-order valence-corrected chi connectivity index (χ0v) is 14.5. The van der Waals surface area contributed by atoms with Gasteiger partial charge in [-0.15, -0.1) is 0 Å². The van der Waals surface area contributed by atoms with Gasteiger partial charge in [0.1, 0.15) is 0 Å². The quantitative estimate of drug-likeness (QED) is 0.502. The molecule has 0 aromatic carbocycles. The molecule has 0 radical (unpaired) electrons. The summed E-state index contributed by atoms with van der Waals surface area (Å²) in [5, 5.41) is 25.8. The number of rotatable bonds is 0. The van der Waals surface area contributed by atoms with Crippen molar-refractivity contribution in [3.8, 4) is 0 Å². The number of nitrogens with zero attached hydrogens (tertiary/aromatic N) is 2. The summed E-state index contributed by atoms with van der Waals surface area (Å²) < 4.78 is 0. The van der Waals surface area contributed by atoms with Gasteiger partial charge in [0.15, 0.2) is 0 Å². The minimum Gasteiger partial charge on any atom is -0.411 e. The molecule has 0 spiro atoms. The maximum absolute atomic E-state index is 9.41. The van der Waals surface area contributed by atoms with E-state index in [0.29, 0.717) is 17.3 Å². The highest BCUT2D eigenvalue weighted by atomic mass is 16.4. The van der Waals surface area contributed by atoms with Gasteiger partial charge < -0.3 is 10.4 Å². The molecule has 0 unspecified atom stereocenters. The summed E-state index contributed by atoms with van der Waals surface area (Å²) in [6.45, 7) is 4.86. The highest BCUT2D eigenvalue weighted by Crippen LogP contribution is 2.65. The van der Waals surface area contributed by atoms with Crippen LogP contribution in [-0.2, 0) is 0 Å². The van der Waals surface area contributed by atoms with E-state index in [1.165, 1.54) is 38.5 Å². The Morgan fingerprint density at radius 1 is 0.913 bits per heavy atom. The molecule has 4 aliphatic rings. The molecule has 0 aliphatic heterocycles. The van der Waals surface area contributed by atoms with E-state index in [-0.39, 0.29) is 5.41 Å². The summed E-state index contributed by atoms with van der Waals surface area (Å²) in [5.41, 5.74) is 2.64. The Balaban J connectivity index is 1.63. The highest BCUT2D eigenvalue weighted by Gasteiger charge is 2.59. The van der Waals surface area contributed by atoms with Crippen molar-refractivity contribution < 1.29 is 10.4 Å². The van der Waals surface area contributed by atoms with Crippen molar-refractivity contribution in [2.45, 2.75) is 71.6 Å². The normalized spacial score (nSPS) is 53.0. The molecule has 0 aromatic rings. The minimum absolute atomic E-state index is 0.144. The van der Waals surface area contributed by atoms with Crippen molar-refractivity contribution in [2.75, 3.05) is 0 Å². The molecular weight excluding hydrogens is 288 g/mol. The fourth-order valence-electron chi connectivity index (χ4n) is 7.10. The molecule has 4 fully saturated rings. The van der Waals surface area contributed by atoms with Crippen molar-refractivity contribution in [3.63, 3.8) is 0 Å². The van der Waals surface area contributed by atoms with Crippen molar-refractivity contribution in [1.29, 1.82) is 0 Å². The van der Waals surface area contributed by atoms with E-state index in [2.05, 4.69) is 24.2 Å². The lowest BCUT2D eigenvalue weighted by Crippen LogP contribution is -2.53. The Kier molecular flexibility index (Phi) is 3.51. The molecule has 4 saturated carbocycles. The SMILES string of the molecule is C[C@]12CC/C(=N\O)C[C@@H]1CC[C@H]1[C@H]3CC/C(=N\O)[C@@]3(C)CC[C@@H]12. The standard InChI is InChI=1S/C19H30N2O2/c1-18-9-7-13(20-22)11-12(18)3-4-14-15-5-6-17(21-23)19(15,2)10-8-16(14)18/h12,14-16,22-23H,3-11H2,1-2H3/b20-13+,21-17+/t12-,14-,15+,16-,18-,19-/m0/s1. The molecule has 4 nitrogen and oxygen atoms in total. The van der Waals surface area contributed by atoms with Crippen LogP contribution in [0.1, 0.15) is 71.6 Å². The number of fused-ring (bicyclic) bond motifs is 5. The lowest BCUT2D eigenvalue weighted by molar-refractivity contribution is -0.0819. The fraction of sp³-hybridized carbons (Fsp3) is 0.895. The van der Waals surface area contributed by atoms with Gasteiger partial charge in [0, 0.05) is 5.41 Å². The average Bonchev–Trinajstić information content (AvgIpc) is 2.90. The summed E-state index contributed by atoms with van der Waals surface area (Å²) >= 11 is 0. The molecule has 128 valence electrons. The second kappa shape index (κ2) is 5.22. The highest BCUT2D eigenvalue weighted by molar-refractivity contribution is 5.92. The molecule has 23 heavy (non-hydrogen) atoms. The van der Waals surface area contributed by atoms with Gasteiger partial charge in [-0.2, -0.15) is 0 Å². The Morgan fingerprint density at radius 2 is 1.74 bits per heavy atom. The van der Waals surface area contributed by atoms with Gasteiger partial charge in [-0.25, -0.2) is 0 Å². The first-order chi connectivity index (χ1) is 11.0. The number of hydrogen-bond donors (Lipinski definition) is 2. The third-order valence-corrected chi connectivity index (χ3v) is 8.50. The van der Waals surface area contributed by atoms with Crippen LogP contribution in [0.15, 0.2) is 10.3 Å². The van der Waals surface area contributed by atoms with Crippen LogP contribution < -0.4 is 0 Å². The second-order valence-corrected chi connectivity index (χ2v) is 9.07. The van der Waals surface area contributed by atoms with Crippen LogP contribution in [0.4, 0.5) is 0 Å². The maximum Gasteiger partial charge on any atom is 0.0632 e. The Morgan fingerprint density at radius 3 is 2.48 bits per heavy atom. The Bertz CT molecular complexity index is 558. The smallest absolute Gasteiger partial charge is 0.0632 e. The van der Waals surface area contributed by atoms with Gasteiger partial charge in [-0.1, -0.05) is 24.2 Å². The third-order valence-electron chi connectivity index (χ3n) is 8.50. The summed E-state index contributed by atoms with van der Waals surface area (Å²) in [6.07, 6.45) is 10.4. The predicted octanol–water partition coefficient (Wildman–Crippen LogP) is 4.69. The van der Waals surface area contributed by atoms with E-state index in [4.69, 9.17) is 5.21 Å². The van der Waals surface area contributed by atoms with Crippen LogP contribution in [0.25, 0.3) is 0 Å². The van der Waals surface area contributed by atoms with E-state index in [1.807, 2.05) is 0 Å². The molecule has 0 heterocycles. The molecule has 0 bridgehead atoms. The first-order valence-electron chi connectivity index (χ1n) is 9.44. The lowest BCUT2D eigenvalue weighted by atomic mass is 9.45. The Hall–Kier alpha value is -1.06. The fourth-order valence-corrected chi connectivity index (χ4v) is 7.10. The van der Waals surface area contributed by atoms with Gasteiger partial charge in [0.25, 0.3) is 0 Å². The molecule has 4 rings (SSSR count). The zero-order valence-electron chi connectivity index (χ0n) is 14.5. The van der Waals surface area contributed by atoms with Gasteiger partial charge in [0.05, 0.1) is 11.4 Å². The van der Waals surface area contributed by atoms with Crippen LogP contribution in [0.5, 0.6) is 0 Å². The minimum atomic E-state index is 0.144. The van der Waals surface area contributed by atoms with Crippen molar-refractivity contribution in [1.82, 2.24) is 0 Å². The molecule has 4 heteroatoms. The van der Waals surface area contributed by atoms with Crippen molar-refractivity contribution >= 4 is 11.4 Å². The van der Waals surface area contributed by atoms with Crippen LogP contribution >= 0.6 is 0 Å². The summed E-state index contributed by atoms with van der Waals surface area (Å²) in [6, 6.07) is 0. The van der Waals surface area contributed by atoms with Gasteiger partial charge >= 0.3 is 0 Å². The first kappa shape index (κ1) is 15.5. The predicted molar refractivity (Wildman–Crippen MR) is 90.2 cm³/mol. The van der Waals surface area contributed by atoms with E-state index >= 15 is 0 Å². The van der Waals surface area contributed by atoms with Gasteiger partial charge in [-0.3, -0.25) is 0 Å². The van der Waals surface area contributed by atoms with E-state index in [0.717, 1.165) is 42.5 Å². The van der Waals surface area contributed by atoms with Gasteiger partial charge in [0.2, 0.25) is 0 Å². The van der Waals surface area contributed by atoms with Crippen LogP contribution in [0.2, 0.25) is 0 Å². The Labute approximate surface area is 139 Å². The van der Waals surface area contributed by atoms with Crippen LogP contribution in [0.3, 0.4) is 0 Å². The topological polar surface area (TPSA) is 65.2 Å². The molecule has 6 atom stereocenters. The van der Waals surface area contributed by atoms with Crippen molar-refractivity contribution in [2.24, 2.45) is 44.8 Å². The number of hydrogen-bond acceptors (Lipinski definition) is 4. The molecule has 2 N–H and O–H groups in total. The van der Waals surface area contributed by atoms with E-state index in [9.17, 15) is 5.21 Å². The average molecular weight is 318 g/mol. The molecule has 0 saturated heterocycles. The van der Waals surface area contributed by atoms with Gasteiger partial charge in [-0.05, 0) is 86.9 Å². The molecule has 0 aromatic heterocycles. The summed E-state index contributed by atoms with van der Waals surface area (Å²) in [4.78, 5) is 0. The zero-order chi connectivity index (χ0) is 16.2. The summed E-state index contributed by atoms with van der Waals surface area (Å²) in [7, 11) is 0. The van der Waals surface area contributed by atoms with E-state index < -0.39 is 0 Å². The lowest BCUT2D eigenvalue weighted by Gasteiger charge is -2.59. The molecule has 4 aliphatic carbocycles. The summed E-state index contributed by atoms with van der Waals surface area (Å²) in [5.74, 6) is 3.00. The molecule has 0 amide bonds. The van der Waals surface area contributed by atoms with E-state index in [1.54, 1.807) is 0 Å². The van der Waals surface area contributed by atoms with Crippen molar-refractivity contribution in [3.05, 3.63) is 0 Å². The maximum atomic E-state index is 9.41. The first-order valence-corrected chi connectivity index (χ1v) is 9.44. The van der Waals surface area contributed by atoms with Crippen LogP contribution in [-0.4, -0.2) is 21.8 Å². The number of oxime groups is 2.